The summed E-state index contributed by atoms with van der Waals surface area (Å²) in [6.45, 7) is 0. The molecule has 0 amide bonds. The van der Waals surface area contributed by atoms with Crippen LogP contribution in [0.3, 0.4) is 0 Å². The fourth-order valence-corrected chi connectivity index (χ4v) is 2.93. The van der Waals surface area contributed by atoms with Crippen LogP contribution in [0.25, 0.3) is 0 Å². The lowest BCUT2D eigenvalue weighted by Crippen LogP contribution is -2.04. The molecule has 0 heterocycles. The van der Waals surface area contributed by atoms with Gasteiger partial charge in [0.25, 0.3) is 0 Å². The molecule has 23 heavy (non-hydrogen) atoms. The summed E-state index contributed by atoms with van der Waals surface area (Å²) in [5.74, 6) is 1.37. The zero-order valence-corrected chi connectivity index (χ0v) is 14.2. The number of esters is 1. The van der Waals surface area contributed by atoms with Crippen molar-refractivity contribution in [3.05, 3.63) is 42.0 Å². The minimum Gasteiger partial charge on any atom is -0.497 e. The van der Waals surface area contributed by atoms with Crippen LogP contribution in [-0.2, 0) is 4.74 Å². The van der Waals surface area contributed by atoms with Crippen LogP contribution in [0.5, 0.6) is 17.2 Å². The molecule has 2 rings (SSSR count). The Morgan fingerprint density at radius 1 is 0.870 bits per heavy atom. The molecule has 0 fully saturated rings. The van der Waals surface area contributed by atoms with E-state index in [0.29, 0.717) is 17.1 Å². The van der Waals surface area contributed by atoms with Crippen molar-refractivity contribution in [1.82, 2.24) is 0 Å². The SMILES string of the molecule is COC(=O)c1cc(OC)c(OC)cc1Sc1ccc(OC)cc1. The maximum absolute atomic E-state index is 12.0. The molecule has 0 aliphatic heterocycles. The van der Waals surface area contributed by atoms with Crippen molar-refractivity contribution in [3.63, 3.8) is 0 Å². The average molecular weight is 334 g/mol. The van der Waals surface area contributed by atoms with Crippen molar-refractivity contribution in [2.24, 2.45) is 0 Å². The molecule has 2 aromatic carbocycles. The predicted octanol–water partition coefficient (Wildman–Crippen LogP) is 3.65. The number of hydrogen-bond donors (Lipinski definition) is 0. The first kappa shape index (κ1) is 17.0. The minimum absolute atomic E-state index is 0.422. The number of rotatable bonds is 6. The van der Waals surface area contributed by atoms with Crippen molar-refractivity contribution in [2.45, 2.75) is 9.79 Å². The predicted molar refractivity (Wildman–Crippen MR) is 88.0 cm³/mol. The first-order valence-electron chi connectivity index (χ1n) is 6.79. The first-order chi connectivity index (χ1) is 11.1. The van der Waals surface area contributed by atoms with Crippen molar-refractivity contribution < 1.29 is 23.7 Å². The van der Waals surface area contributed by atoms with Gasteiger partial charge in [0.05, 0.1) is 34.0 Å². The summed E-state index contributed by atoms with van der Waals surface area (Å²) < 4.78 is 20.6. The normalized spacial score (nSPS) is 10.1. The van der Waals surface area contributed by atoms with E-state index < -0.39 is 5.97 Å². The fraction of sp³-hybridized carbons (Fsp3) is 0.235. The molecule has 0 spiro atoms. The Kier molecular flexibility index (Phi) is 5.76. The maximum Gasteiger partial charge on any atom is 0.339 e. The van der Waals surface area contributed by atoms with Gasteiger partial charge in [-0.15, -0.1) is 0 Å². The molecule has 0 aromatic heterocycles. The highest BCUT2D eigenvalue weighted by Gasteiger charge is 2.18. The van der Waals surface area contributed by atoms with E-state index in [1.165, 1.54) is 26.0 Å². The molecule has 0 aliphatic carbocycles. The second-order valence-electron chi connectivity index (χ2n) is 4.47. The van der Waals surface area contributed by atoms with Crippen LogP contribution < -0.4 is 14.2 Å². The Bertz CT molecular complexity index is 682. The summed E-state index contributed by atoms with van der Waals surface area (Å²) in [7, 11) is 6.04. The van der Waals surface area contributed by atoms with E-state index in [0.717, 1.165) is 15.5 Å². The maximum atomic E-state index is 12.0. The van der Waals surface area contributed by atoms with Crippen LogP contribution in [0.2, 0.25) is 0 Å². The zero-order chi connectivity index (χ0) is 16.8. The highest BCUT2D eigenvalue weighted by Crippen LogP contribution is 2.39. The van der Waals surface area contributed by atoms with Crippen LogP contribution >= 0.6 is 11.8 Å². The van der Waals surface area contributed by atoms with E-state index in [-0.39, 0.29) is 0 Å². The largest absolute Gasteiger partial charge is 0.497 e. The molecule has 2 aromatic rings. The number of benzene rings is 2. The van der Waals surface area contributed by atoms with Gasteiger partial charge in [-0.25, -0.2) is 4.79 Å². The summed E-state index contributed by atoms with van der Waals surface area (Å²) in [6, 6.07) is 10.9. The lowest BCUT2D eigenvalue weighted by atomic mass is 10.2. The average Bonchev–Trinajstić information content (AvgIpc) is 2.61. The van der Waals surface area contributed by atoms with Crippen molar-refractivity contribution in [2.75, 3.05) is 28.4 Å². The van der Waals surface area contributed by atoms with Gasteiger partial charge in [-0.2, -0.15) is 0 Å². The molecule has 0 atom stereocenters. The van der Waals surface area contributed by atoms with Gasteiger partial charge in [-0.3, -0.25) is 0 Å². The lowest BCUT2D eigenvalue weighted by molar-refractivity contribution is 0.0596. The van der Waals surface area contributed by atoms with Crippen LogP contribution in [0.1, 0.15) is 10.4 Å². The second kappa shape index (κ2) is 7.78. The summed E-state index contributed by atoms with van der Waals surface area (Å²) >= 11 is 1.43. The fourth-order valence-electron chi connectivity index (χ4n) is 1.98. The summed E-state index contributed by atoms with van der Waals surface area (Å²) in [5, 5.41) is 0. The van der Waals surface area contributed by atoms with Crippen molar-refractivity contribution in [1.29, 1.82) is 0 Å². The number of carbonyl (C=O) groups is 1. The number of carbonyl (C=O) groups excluding carboxylic acids is 1. The molecule has 0 unspecified atom stereocenters. The van der Waals surface area contributed by atoms with Gasteiger partial charge in [0, 0.05) is 9.79 Å². The molecular formula is C17H18O5S. The lowest BCUT2D eigenvalue weighted by Gasteiger charge is -2.13. The van der Waals surface area contributed by atoms with Crippen LogP contribution in [-0.4, -0.2) is 34.4 Å². The van der Waals surface area contributed by atoms with E-state index in [1.807, 2.05) is 24.3 Å². The number of hydrogen-bond acceptors (Lipinski definition) is 6. The van der Waals surface area contributed by atoms with Gasteiger partial charge in [0.15, 0.2) is 11.5 Å². The quantitative estimate of drug-likeness (QED) is 0.752. The van der Waals surface area contributed by atoms with E-state index in [1.54, 1.807) is 26.4 Å². The standard InChI is InChI=1S/C17H18O5S/c1-19-11-5-7-12(8-6-11)23-16-10-15(21-3)14(20-2)9-13(16)17(18)22-4/h5-10H,1-4H3. The van der Waals surface area contributed by atoms with Crippen molar-refractivity contribution in [3.8, 4) is 17.2 Å². The third-order valence-electron chi connectivity index (χ3n) is 3.18. The number of methoxy groups -OCH3 is 4. The molecule has 6 heteroatoms. The van der Waals surface area contributed by atoms with E-state index >= 15 is 0 Å². The molecule has 0 N–H and O–H groups in total. The highest BCUT2D eigenvalue weighted by molar-refractivity contribution is 7.99. The minimum atomic E-state index is -0.429. The Hall–Kier alpha value is -2.34. The Balaban J connectivity index is 2.43. The first-order valence-corrected chi connectivity index (χ1v) is 7.60. The van der Waals surface area contributed by atoms with Gasteiger partial charge >= 0.3 is 5.97 Å². The van der Waals surface area contributed by atoms with Gasteiger partial charge in [0.2, 0.25) is 0 Å². The smallest absolute Gasteiger partial charge is 0.339 e. The third-order valence-corrected chi connectivity index (χ3v) is 4.24. The number of ether oxygens (including phenoxy) is 4. The Morgan fingerprint density at radius 3 is 2.00 bits per heavy atom. The van der Waals surface area contributed by atoms with Crippen LogP contribution in [0.15, 0.2) is 46.2 Å². The summed E-state index contributed by atoms with van der Waals surface area (Å²) in [5.41, 5.74) is 0.422. The van der Waals surface area contributed by atoms with Crippen molar-refractivity contribution >= 4 is 17.7 Å². The van der Waals surface area contributed by atoms with E-state index in [9.17, 15) is 4.79 Å². The molecule has 0 bridgehead atoms. The zero-order valence-electron chi connectivity index (χ0n) is 13.4. The molecule has 0 aliphatic rings. The Labute approximate surface area is 139 Å². The molecule has 0 saturated carbocycles. The monoisotopic (exact) mass is 334 g/mol. The van der Waals surface area contributed by atoms with Crippen LogP contribution in [0, 0.1) is 0 Å². The summed E-state index contributed by atoms with van der Waals surface area (Å²) in [4.78, 5) is 13.7. The molecular weight excluding hydrogens is 316 g/mol. The van der Waals surface area contributed by atoms with E-state index in [2.05, 4.69) is 0 Å². The van der Waals surface area contributed by atoms with Gasteiger partial charge < -0.3 is 18.9 Å². The van der Waals surface area contributed by atoms with Crippen LogP contribution in [0.4, 0.5) is 0 Å². The summed E-state index contributed by atoms with van der Waals surface area (Å²) in [6.07, 6.45) is 0. The Morgan fingerprint density at radius 2 is 1.48 bits per heavy atom. The van der Waals surface area contributed by atoms with E-state index in [4.69, 9.17) is 18.9 Å². The highest BCUT2D eigenvalue weighted by atomic mass is 32.2. The molecule has 122 valence electrons. The molecule has 5 nitrogen and oxygen atoms in total. The molecule has 0 radical (unpaired) electrons. The van der Waals surface area contributed by atoms with Gasteiger partial charge in [0.1, 0.15) is 5.75 Å². The van der Waals surface area contributed by atoms with Gasteiger partial charge in [-0.1, -0.05) is 11.8 Å². The van der Waals surface area contributed by atoms with Gasteiger partial charge in [-0.05, 0) is 36.4 Å². The second-order valence-corrected chi connectivity index (χ2v) is 5.59. The topological polar surface area (TPSA) is 54.0 Å². The molecule has 0 saturated heterocycles. The third kappa shape index (κ3) is 3.90.